The summed E-state index contributed by atoms with van der Waals surface area (Å²) in [7, 11) is 0. The minimum absolute atomic E-state index is 0. The van der Waals surface area contributed by atoms with Crippen LogP contribution in [-0.4, -0.2) is 103 Å². The van der Waals surface area contributed by atoms with Crippen LogP contribution in [0.1, 0.15) is 83.1 Å². The van der Waals surface area contributed by atoms with Gasteiger partial charge in [-0.2, -0.15) is 9.80 Å². The zero-order valence-electron chi connectivity index (χ0n) is 60.8. The molecule has 562 valence electrons. The second-order valence-electron chi connectivity index (χ2n) is 27.5. The van der Waals surface area contributed by atoms with Gasteiger partial charge in [0.15, 0.2) is 17.5 Å². The SMILES string of the molecule is CC(C)(C)OC(=O)N(C(=O)OC(C)(C)C)c1nnn2cccc(-c3ccc(N)cc3)c12.CC(C)(C)OC(=O)N(C(=O)OC(C)(C)C)c1nnn2cccc(-c3ccc(NC(=O)Nc4cccc(Cl)c4)cc3)c12.I.Nc1cccc(Cl)c1.Nc1nnn2cccc(-c3ccc(NC(=O)Nc4cccc(Cl)c4)cc3)c12. The van der Waals surface area contributed by atoms with Crippen LogP contribution in [0.5, 0.6) is 0 Å². The van der Waals surface area contributed by atoms with Crippen LogP contribution in [0.3, 0.4) is 0 Å². The summed E-state index contributed by atoms with van der Waals surface area (Å²) < 4.78 is 26.5. The Hall–Kier alpha value is -11.8. The van der Waals surface area contributed by atoms with Crippen LogP contribution in [0.25, 0.3) is 49.9 Å². The zero-order chi connectivity index (χ0) is 77.7. The van der Waals surface area contributed by atoms with Crippen molar-refractivity contribution in [3.8, 4) is 33.4 Å². The Morgan fingerprint density at radius 1 is 0.361 bits per heavy atom. The van der Waals surface area contributed by atoms with Gasteiger partial charge in [-0.3, -0.25) is 0 Å². The summed E-state index contributed by atoms with van der Waals surface area (Å²) in [6.45, 7) is 20.4. The molecule has 0 saturated heterocycles. The van der Waals surface area contributed by atoms with Crippen LogP contribution in [0, 0.1) is 0 Å². The van der Waals surface area contributed by atoms with Gasteiger partial charge >= 0.3 is 36.4 Å². The van der Waals surface area contributed by atoms with Gasteiger partial charge in [-0.15, -0.1) is 39.3 Å². The number of benzene rings is 6. The van der Waals surface area contributed by atoms with Gasteiger partial charge < -0.3 is 57.4 Å². The van der Waals surface area contributed by atoms with E-state index in [2.05, 4.69) is 52.2 Å². The molecule has 0 saturated carbocycles. The summed E-state index contributed by atoms with van der Waals surface area (Å²) in [4.78, 5) is 78.7. The first-order chi connectivity index (χ1) is 50.4. The molecule has 8 amide bonds. The Bertz CT molecular complexity index is 5120. The van der Waals surface area contributed by atoms with Gasteiger partial charge in [0, 0.05) is 84.5 Å². The highest BCUT2D eigenvalue weighted by atomic mass is 127. The van der Waals surface area contributed by atoms with Gasteiger partial charge in [-0.25, -0.2) is 42.3 Å². The highest BCUT2D eigenvalue weighted by molar-refractivity contribution is 14.0. The number of rotatable bonds is 9. The molecule has 12 aromatic rings. The third-order valence-corrected chi connectivity index (χ3v) is 14.9. The van der Waals surface area contributed by atoms with Crippen molar-refractivity contribution in [2.45, 2.75) is 105 Å². The summed E-state index contributed by atoms with van der Waals surface area (Å²) >= 11 is 17.5. The van der Waals surface area contributed by atoms with Crippen molar-refractivity contribution in [1.29, 1.82) is 0 Å². The molecule has 0 radical (unpaired) electrons. The second-order valence-corrected chi connectivity index (χ2v) is 28.9. The highest BCUT2D eigenvalue weighted by Crippen LogP contribution is 2.36. The van der Waals surface area contributed by atoms with E-state index in [1.807, 2.05) is 60.7 Å². The van der Waals surface area contributed by atoms with Crippen molar-refractivity contribution in [3.63, 3.8) is 0 Å². The Morgan fingerprint density at radius 2 is 0.667 bits per heavy atom. The van der Waals surface area contributed by atoms with E-state index in [1.54, 1.807) is 228 Å². The van der Waals surface area contributed by atoms with E-state index in [1.165, 1.54) is 9.03 Å². The number of amides is 8. The number of nitrogens with two attached hydrogens (primary N) is 3. The molecule has 32 heteroatoms. The van der Waals surface area contributed by atoms with Crippen LogP contribution < -0.4 is 48.3 Å². The van der Waals surface area contributed by atoms with Crippen LogP contribution in [0.15, 0.2) is 201 Å². The first kappa shape index (κ1) is 81.9. The topological polar surface area (TPSA) is 363 Å². The zero-order valence-corrected chi connectivity index (χ0v) is 65.4. The Morgan fingerprint density at radius 3 is 0.991 bits per heavy atom. The van der Waals surface area contributed by atoms with Crippen molar-refractivity contribution < 1.29 is 47.7 Å². The summed E-state index contributed by atoms with van der Waals surface area (Å²) in [6, 6.07) is 52.8. The number of nitrogens with zero attached hydrogens (tertiary/aromatic N) is 11. The maximum absolute atomic E-state index is 13.2. The van der Waals surface area contributed by atoms with E-state index in [0.29, 0.717) is 82.7 Å². The van der Waals surface area contributed by atoms with E-state index < -0.39 is 52.8 Å². The number of aromatic nitrogens is 9. The van der Waals surface area contributed by atoms with Crippen molar-refractivity contribution >= 4 is 163 Å². The number of carbonyl (C=O) groups is 6. The Kier molecular flexibility index (Phi) is 26.6. The summed E-state index contributed by atoms with van der Waals surface area (Å²) in [6.07, 6.45) is 1.40. The number of halogens is 4. The quantitative estimate of drug-likeness (QED) is 0.0401. The minimum atomic E-state index is -0.950. The fraction of sp³-hybridized carbons (Fsp3) is 0.211. The van der Waals surface area contributed by atoms with Crippen LogP contribution in [0.4, 0.5) is 80.3 Å². The predicted molar refractivity (Wildman–Crippen MR) is 433 cm³/mol. The molecule has 6 aromatic heterocycles. The van der Waals surface area contributed by atoms with Crippen LogP contribution in [0.2, 0.25) is 15.1 Å². The molecular weight excluding hydrogens is 1560 g/mol. The smallest absolute Gasteiger partial charge is 0.425 e. The van der Waals surface area contributed by atoms with Gasteiger partial charge in [0.25, 0.3) is 0 Å². The number of hydrogen-bond acceptors (Lipinski definition) is 19. The van der Waals surface area contributed by atoms with Crippen molar-refractivity contribution in [3.05, 3.63) is 216 Å². The number of pyridine rings is 3. The number of fused-ring (bicyclic) bond motifs is 3. The molecule has 0 aliphatic carbocycles. The van der Waals surface area contributed by atoms with Crippen molar-refractivity contribution in [2.75, 3.05) is 48.3 Å². The molecule has 12 rings (SSSR count). The minimum Gasteiger partial charge on any atom is -0.443 e. The molecule has 6 aromatic carbocycles. The standard InChI is InChI=1S/C29H31ClN6O5.C22H27N5O4.C19H15ClN6O.C6H6ClN.HI/c1-28(2,3)40-26(38)36(27(39)41-29(4,5)6)24-23-22(11-8-16-35(23)34-33-24)18-12-14-20(15-13-18)31-25(37)32-21-10-7-9-19(30)17-21;1-21(2,3)30-19(28)27(20(29)31-22(4,5)6)18-17-16(8-7-13-26(17)25-24-18)14-9-11-15(23)12-10-14;20-13-3-1-4-15(11-13)23-19(27)22-14-8-6-12(7-9-14)16-5-2-10-26-17(16)18(21)24-25-26;7-5-2-1-3-6(8)4-5;/h7-17H,1-6H3,(H2,31,32,37);7-13H,23H2,1-6H3;1-11H,21H2,(H2,22,23,27);1-4H,8H2;1H. The molecule has 6 heterocycles. The first-order valence-electron chi connectivity index (χ1n) is 33.0. The van der Waals surface area contributed by atoms with Gasteiger partial charge in [0.1, 0.15) is 39.0 Å². The number of ether oxygens (including phenoxy) is 4. The first-order valence-corrected chi connectivity index (χ1v) is 34.1. The molecule has 0 aliphatic heterocycles. The fourth-order valence-electron chi connectivity index (χ4n) is 9.92. The summed E-state index contributed by atoms with van der Waals surface area (Å²) in [5.74, 6) is 0.330. The monoisotopic (exact) mass is 1640 g/mol. The number of nitrogen functional groups attached to an aromatic ring is 3. The number of urea groups is 2. The lowest BCUT2D eigenvalue weighted by Gasteiger charge is -2.27. The van der Waals surface area contributed by atoms with E-state index >= 15 is 0 Å². The maximum atomic E-state index is 13.2. The van der Waals surface area contributed by atoms with E-state index in [0.717, 1.165) is 32.0 Å². The third-order valence-electron chi connectivity index (χ3n) is 14.2. The van der Waals surface area contributed by atoms with E-state index in [4.69, 9.17) is 71.0 Å². The molecule has 0 unspecified atom stereocenters. The van der Waals surface area contributed by atoms with Crippen LogP contribution >= 0.6 is 58.8 Å². The van der Waals surface area contributed by atoms with Gasteiger partial charge in [0.05, 0.1) is 0 Å². The highest BCUT2D eigenvalue weighted by Gasteiger charge is 2.38. The molecule has 28 nitrogen and oxygen atoms in total. The average Bonchev–Trinajstić information content (AvgIpc) is 1.59. The predicted octanol–water partition coefficient (Wildman–Crippen LogP) is 18.8. The lowest BCUT2D eigenvalue weighted by molar-refractivity contribution is 0.0407. The van der Waals surface area contributed by atoms with Crippen molar-refractivity contribution in [1.82, 2.24) is 44.5 Å². The molecule has 0 atom stereocenters. The summed E-state index contributed by atoms with van der Waals surface area (Å²) in [5, 5.41) is 37.1. The second kappa shape index (κ2) is 35.1. The van der Waals surface area contributed by atoms with Gasteiger partial charge in [-0.05, 0) is 209 Å². The van der Waals surface area contributed by atoms with Crippen molar-refractivity contribution in [2.24, 2.45) is 0 Å². The number of hydrogen-bond donors (Lipinski definition) is 7. The number of carbonyl (C=O) groups excluding carboxylic acids is 6. The largest absolute Gasteiger partial charge is 0.443 e. The maximum Gasteiger partial charge on any atom is 0.425 e. The molecule has 0 bridgehead atoms. The lowest BCUT2D eigenvalue weighted by atomic mass is 10.0. The lowest BCUT2D eigenvalue weighted by Crippen LogP contribution is -2.44. The number of imide groups is 2. The molecular formula is C76H80Cl3IN18O10. The number of anilines is 9. The Labute approximate surface area is 654 Å². The molecule has 0 aliphatic rings. The molecule has 0 spiro atoms. The average molecular weight is 1640 g/mol. The van der Waals surface area contributed by atoms with Gasteiger partial charge in [0.2, 0.25) is 0 Å². The van der Waals surface area contributed by atoms with E-state index in [9.17, 15) is 28.8 Å². The molecule has 0 fully saturated rings. The normalized spacial score (nSPS) is 11.2. The molecule has 108 heavy (non-hydrogen) atoms. The molecule has 10 N–H and O–H groups in total. The van der Waals surface area contributed by atoms with Crippen LogP contribution in [-0.2, 0) is 18.9 Å². The third kappa shape index (κ3) is 22.9. The Balaban J connectivity index is 0.000000196. The van der Waals surface area contributed by atoms with Gasteiger partial charge in [-0.1, -0.05) is 123 Å². The summed E-state index contributed by atoms with van der Waals surface area (Å²) in [5.41, 5.74) is 23.7. The fourth-order valence-corrected chi connectivity index (χ4v) is 10.5. The van der Waals surface area contributed by atoms with E-state index in [-0.39, 0.29) is 41.6 Å². The number of nitrogens with one attached hydrogen (secondary N) is 4.